The molecule has 4 heteroatoms. The molecule has 0 saturated carbocycles. The lowest BCUT2D eigenvalue weighted by Crippen LogP contribution is -1.93. The highest BCUT2D eigenvalue weighted by atomic mass is 16.5. The number of ether oxygens (including phenoxy) is 2. The summed E-state index contributed by atoms with van der Waals surface area (Å²) in [7, 11) is 1.56. The van der Waals surface area contributed by atoms with E-state index in [1.165, 1.54) is 0 Å². The van der Waals surface area contributed by atoms with Gasteiger partial charge in [0.1, 0.15) is 5.75 Å². The molecule has 104 valence electrons. The second-order valence-electron chi connectivity index (χ2n) is 4.40. The van der Waals surface area contributed by atoms with Crippen LogP contribution in [0.4, 0.5) is 0 Å². The van der Waals surface area contributed by atoms with E-state index >= 15 is 0 Å². The van der Waals surface area contributed by atoms with Crippen LogP contribution in [0.15, 0.2) is 42.5 Å². The van der Waals surface area contributed by atoms with Gasteiger partial charge in [-0.25, -0.2) is 0 Å². The molecule has 0 fully saturated rings. The van der Waals surface area contributed by atoms with Crippen LogP contribution in [0.2, 0.25) is 0 Å². The van der Waals surface area contributed by atoms with Gasteiger partial charge >= 0.3 is 0 Å². The first-order chi connectivity index (χ1) is 10.3. The fraction of sp³-hybridized carbons (Fsp3) is 0.176. The molecule has 0 aliphatic rings. The Morgan fingerprint density at radius 1 is 0.905 bits per heavy atom. The van der Waals surface area contributed by atoms with Gasteiger partial charge < -0.3 is 9.47 Å². The van der Waals surface area contributed by atoms with Crippen molar-refractivity contribution >= 4 is 0 Å². The lowest BCUT2D eigenvalue weighted by molar-refractivity contribution is 0.378. The maximum absolute atomic E-state index is 8.73. The monoisotopic (exact) mass is 278 g/mol. The van der Waals surface area contributed by atoms with Gasteiger partial charge in [0.15, 0.2) is 11.5 Å². The molecule has 0 radical (unpaired) electrons. The lowest BCUT2D eigenvalue weighted by atomic mass is 10.1. The van der Waals surface area contributed by atoms with Crippen molar-refractivity contribution in [1.29, 1.82) is 10.5 Å². The van der Waals surface area contributed by atoms with E-state index in [0.29, 0.717) is 30.1 Å². The fourth-order valence-corrected chi connectivity index (χ4v) is 1.93. The average molecular weight is 278 g/mol. The van der Waals surface area contributed by atoms with Crippen LogP contribution in [0.5, 0.6) is 17.2 Å². The van der Waals surface area contributed by atoms with Crippen LogP contribution < -0.4 is 9.47 Å². The summed E-state index contributed by atoms with van der Waals surface area (Å²) in [5.74, 6) is 1.80. The smallest absolute Gasteiger partial charge is 0.169 e. The van der Waals surface area contributed by atoms with Gasteiger partial charge in [-0.05, 0) is 35.4 Å². The number of hydrogen-bond acceptors (Lipinski definition) is 4. The van der Waals surface area contributed by atoms with Crippen LogP contribution in [-0.4, -0.2) is 7.11 Å². The van der Waals surface area contributed by atoms with Crippen LogP contribution >= 0.6 is 0 Å². The first-order valence-electron chi connectivity index (χ1n) is 6.44. The highest BCUT2D eigenvalue weighted by molar-refractivity contribution is 5.46. The van der Waals surface area contributed by atoms with E-state index in [1.54, 1.807) is 19.2 Å². The first kappa shape index (κ1) is 14.4. The van der Waals surface area contributed by atoms with Gasteiger partial charge in [0.05, 0.1) is 32.1 Å². The van der Waals surface area contributed by atoms with Crippen molar-refractivity contribution in [3.8, 4) is 29.4 Å². The Labute approximate surface area is 123 Å². The molecular weight excluding hydrogens is 264 g/mol. The zero-order chi connectivity index (χ0) is 15.1. The molecule has 2 aromatic rings. The second-order valence-corrected chi connectivity index (χ2v) is 4.40. The zero-order valence-corrected chi connectivity index (χ0v) is 11.7. The highest BCUT2D eigenvalue weighted by Crippen LogP contribution is 2.32. The molecule has 0 bridgehead atoms. The van der Waals surface area contributed by atoms with Crippen molar-refractivity contribution in [2.24, 2.45) is 0 Å². The third kappa shape index (κ3) is 3.75. The Hall–Kier alpha value is -2.98. The summed E-state index contributed by atoms with van der Waals surface area (Å²) < 4.78 is 11.1. The summed E-state index contributed by atoms with van der Waals surface area (Å²) in [4.78, 5) is 0. The molecule has 0 N–H and O–H groups in total. The topological polar surface area (TPSA) is 66.0 Å². The Bertz CT molecular complexity index is 711. The summed E-state index contributed by atoms with van der Waals surface area (Å²) in [5, 5.41) is 17.4. The standard InChI is InChI=1S/C17H14N2O2/c1-20-17-12-14(8-10-19)5-6-16(17)21-15-4-2-3-13(11-15)7-9-18/h2-6,11-12H,7-8H2,1H3. The quantitative estimate of drug-likeness (QED) is 0.837. The molecule has 0 amide bonds. The van der Waals surface area contributed by atoms with E-state index in [9.17, 15) is 0 Å². The highest BCUT2D eigenvalue weighted by Gasteiger charge is 2.07. The van der Waals surface area contributed by atoms with Crippen LogP contribution in [0.3, 0.4) is 0 Å². The number of rotatable bonds is 5. The van der Waals surface area contributed by atoms with Crippen LogP contribution in [0.25, 0.3) is 0 Å². The Morgan fingerprint density at radius 2 is 1.62 bits per heavy atom. The predicted molar refractivity (Wildman–Crippen MR) is 78.1 cm³/mol. The van der Waals surface area contributed by atoms with Crippen LogP contribution in [0, 0.1) is 22.7 Å². The number of benzene rings is 2. The van der Waals surface area contributed by atoms with Crippen LogP contribution in [0.1, 0.15) is 11.1 Å². The number of nitrogens with zero attached hydrogens (tertiary/aromatic N) is 2. The maximum atomic E-state index is 8.73. The first-order valence-corrected chi connectivity index (χ1v) is 6.44. The maximum Gasteiger partial charge on any atom is 0.169 e. The van der Waals surface area contributed by atoms with Gasteiger partial charge in [-0.15, -0.1) is 0 Å². The summed E-state index contributed by atoms with van der Waals surface area (Å²) >= 11 is 0. The molecule has 0 spiro atoms. The van der Waals surface area contributed by atoms with E-state index in [-0.39, 0.29) is 0 Å². The third-order valence-electron chi connectivity index (χ3n) is 2.92. The summed E-state index contributed by atoms with van der Waals surface area (Å²) in [6.45, 7) is 0. The van der Waals surface area contributed by atoms with Gasteiger partial charge in [0.2, 0.25) is 0 Å². The van der Waals surface area contributed by atoms with E-state index < -0.39 is 0 Å². The Balaban J connectivity index is 2.25. The predicted octanol–water partition coefficient (Wildman–Crippen LogP) is 3.62. The molecule has 0 saturated heterocycles. The molecule has 0 aliphatic carbocycles. The van der Waals surface area contributed by atoms with Crippen molar-refractivity contribution in [2.45, 2.75) is 12.8 Å². The molecule has 0 atom stereocenters. The average Bonchev–Trinajstić information content (AvgIpc) is 2.50. The van der Waals surface area contributed by atoms with Gasteiger partial charge in [0.25, 0.3) is 0 Å². The van der Waals surface area contributed by atoms with Crippen molar-refractivity contribution < 1.29 is 9.47 Å². The van der Waals surface area contributed by atoms with E-state index in [4.69, 9.17) is 20.0 Å². The molecular formula is C17H14N2O2. The largest absolute Gasteiger partial charge is 0.493 e. The number of hydrogen-bond donors (Lipinski definition) is 0. The number of methoxy groups -OCH3 is 1. The van der Waals surface area contributed by atoms with Gasteiger partial charge in [-0.1, -0.05) is 18.2 Å². The number of nitriles is 2. The van der Waals surface area contributed by atoms with E-state index in [1.807, 2.05) is 30.3 Å². The van der Waals surface area contributed by atoms with Crippen LogP contribution in [-0.2, 0) is 12.8 Å². The molecule has 4 nitrogen and oxygen atoms in total. The molecule has 0 aliphatic heterocycles. The molecule has 2 rings (SSSR count). The molecule has 21 heavy (non-hydrogen) atoms. The van der Waals surface area contributed by atoms with Crippen molar-refractivity contribution in [1.82, 2.24) is 0 Å². The van der Waals surface area contributed by atoms with Crippen molar-refractivity contribution in [3.05, 3.63) is 53.6 Å². The van der Waals surface area contributed by atoms with Crippen molar-refractivity contribution in [3.63, 3.8) is 0 Å². The molecule has 0 aromatic heterocycles. The summed E-state index contributed by atoms with van der Waals surface area (Å²) in [5.41, 5.74) is 1.77. The fourth-order valence-electron chi connectivity index (χ4n) is 1.93. The molecule has 2 aromatic carbocycles. The van der Waals surface area contributed by atoms with Crippen molar-refractivity contribution in [2.75, 3.05) is 7.11 Å². The minimum atomic E-state index is 0.328. The summed E-state index contributed by atoms with van der Waals surface area (Å²) in [6, 6.07) is 17.0. The third-order valence-corrected chi connectivity index (χ3v) is 2.92. The molecule has 0 heterocycles. The lowest BCUT2D eigenvalue weighted by Gasteiger charge is -2.11. The minimum absolute atomic E-state index is 0.328. The van der Waals surface area contributed by atoms with E-state index in [2.05, 4.69) is 12.1 Å². The van der Waals surface area contributed by atoms with Gasteiger partial charge in [0, 0.05) is 0 Å². The molecule has 0 unspecified atom stereocenters. The van der Waals surface area contributed by atoms with Gasteiger partial charge in [-0.3, -0.25) is 0 Å². The second kappa shape index (κ2) is 6.98. The zero-order valence-electron chi connectivity index (χ0n) is 11.7. The summed E-state index contributed by atoms with van der Waals surface area (Å²) in [6.07, 6.45) is 0.670. The van der Waals surface area contributed by atoms with Gasteiger partial charge in [-0.2, -0.15) is 10.5 Å². The minimum Gasteiger partial charge on any atom is -0.493 e. The Kier molecular flexibility index (Phi) is 4.79. The SMILES string of the molecule is COc1cc(CC#N)ccc1Oc1cccc(CC#N)c1. The Morgan fingerprint density at radius 3 is 2.29 bits per heavy atom. The normalized spacial score (nSPS) is 9.48. The van der Waals surface area contributed by atoms with E-state index in [0.717, 1.165) is 11.1 Å².